The highest BCUT2D eigenvalue weighted by molar-refractivity contribution is 6.76. The molecule has 11 heteroatoms. The Morgan fingerprint density at radius 1 is 1.17 bits per heavy atom. The topological polar surface area (TPSA) is 86.0 Å². The van der Waals surface area contributed by atoms with E-state index in [-0.39, 0.29) is 24.1 Å². The molecule has 3 heterocycles. The van der Waals surface area contributed by atoms with Crippen LogP contribution in [0.3, 0.4) is 0 Å². The monoisotopic (exact) mass is 514 g/mol. The third-order valence-corrected chi connectivity index (χ3v) is 7.98. The van der Waals surface area contributed by atoms with Crippen LogP contribution in [0.1, 0.15) is 24.0 Å². The normalized spacial score (nSPS) is 16.5. The number of amides is 1. The van der Waals surface area contributed by atoms with E-state index in [0.717, 1.165) is 12.5 Å². The number of hydrogen-bond donors (Lipinski definition) is 0. The number of hydrogen-bond acceptors (Lipinski definition) is 6. The van der Waals surface area contributed by atoms with Gasteiger partial charge in [-0.1, -0.05) is 25.7 Å². The van der Waals surface area contributed by atoms with Crippen molar-refractivity contribution >= 4 is 19.9 Å². The van der Waals surface area contributed by atoms with Crippen LogP contribution in [0.25, 0.3) is 11.4 Å². The zero-order valence-corrected chi connectivity index (χ0v) is 22.0. The minimum Gasteiger partial charge on any atom is -0.359 e. The Morgan fingerprint density at radius 2 is 2.00 bits per heavy atom. The van der Waals surface area contributed by atoms with Crippen molar-refractivity contribution in [2.45, 2.75) is 58.4 Å². The molecule has 192 valence electrons. The molecule has 8 nitrogen and oxygen atoms in total. The molecule has 0 saturated carbocycles. The van der Waals surface area contributed by atoms with Gasteiger partial charge in [0.1, 0.15) is 19.2 Å². The van der Waals surface area contributed by atoms with E-state index >= 15 is 0 Å². The number of halogens is 2. The standard InChI is InChI=1S/C25H32F2N6O2Si/c1-36(2,3)12-11-35-17-33-25(30-23(31-33)20-8-9-28-29-16-20)32-10-4-5-19(24(32)34)13-18-6-7-22(27)14-21(18)15-26/h6-9,14,16,19H,4-5,10-13,15,17H2,1-3H3. The van der Waals surface area contributed by atoms with E-state index in [4.69, 9.17) is 4.74 Å². The molecule has 1 unspecified atom stereocenters. The maximum atomic E-state index is 13.6. The SMILES string of the molecule is C[Si](C)(C)CCOCn1nc(-c2ccnnc2)nc1N1CCCC(Cc2ccc(F)cc2CF)C1=O. The van der Waals surface area contributed by atoms with Gasteiger partial charge in [0.2, 0.25) is 11.9 Å². The molecule has 3 aromatic rings. The molecule has 1 aliphatic rings. The first-order chi connectivity index (χ1) is 17.2. The fourth-order valence-electron chi connectivity index (χ4n) is 4.22. The molecule has 2 aromatic heterocycles. The van der Waals surface area contributed by atoms with Crippen molar-refractivity contribution in [2.24, 2.45) is 5.92 Å². The van der Waals surface area contributed by atoms with Crippen molar-refractivity contribution in [2.75, 3.05) is 18.1 Å². The highest BCUT2D eigenvalue weighted by Crippen LogP contribution is 2.29. The number of anilines is 1. The van der Waals surface area contributed by atoms with Gasteiger partial charge in [0.25, 0.3) is 0 Å². The van der Waals surface area contributed by atoms with E-state index in [9.17, 15) is 13.6 Å². The largest absolute Gasteiger partial charge is 0.359 e. The number of nitrogens with zero attached hydrogens (tertiary/aromatic N) is 6. The maximum absolute atomic E-state index is 13.6. The van der Waals surface area contributed by atoms with Gasteiger partial charge in [0, 0.05) is 32.7 Å². The molecule has 0 radical (unpaired) electrons. The molecule has 1 aromatic carbocycles. The van der Waals surface area contributed by atoms with Crippen molar-refractivity contribution in [3.05, 3.63) is 53.6 Å². The van der Waals surface area contributed by atoms with Gasteiger partial charge in [0.15, 0.2) is 5.82 Å². The van der Waals surface area contributed by atoms with Crippen molar-refractivity contribution in [3.63, 3.8) is 0 Å². The smallest absolute Gasteiger partial charge is 0.233 e. The third kappa shape index (κ3) is 6.38. The fraction of sp³-hybridized carbons (Fsp3) is 0.480. The van der Waals surface area contributed by atoms with Crippen LogP contribution < -0.4 is 4.90 Å². The summed E-state index contributed by atoms with van der Waals surface area (Å²) in [7, 11) is -1.26. The first-order valence-electron chi connectivity index (χ1n) is 12.2. The number of carbonyl (C=O) groups is 1. The molecule has 1 atom stereocenters. The number of ether oxygens (including phenoxy) is 1. The van der Waals surface area contributed by atoms with Crippen molar-refractivity contribution in [1.82, 2.24) is 25.0 Å². The van der Waals surface area contributed by atoms with Gasteiger partial charge >= 0.3 is 0 Å². The molecule has 1 aliphatic heterocycles. The van der Waals surface area contributed by atoms with Gasteiger partial charge in [-0.3, -0.25) is 9.69 Å². The lowest BCUT2D eigenvalue weighted by molar-refractivity contribution is -0.123. The van der Waals surface area contributed by atoms with Crippen molar-refractivity contribution < 1.29 is 18.3 Å². The third-order valence-electron chi connectivity index (χ3n) is 6.27. The minimum absolute atomic E-state index is 0.106. The quantitative estimate of drug-likeness (QED) is 0.289. The Morgan fingerprint density at radius 3 is 2.72 bits per heavy atom. The number of rotatable bonds is 10. The van der Waals surface area contributed by atoms with Crippen LogP contribution in [0.4, 0.5) is 14.7 Å². The Labute approximate surface area is 210 Å². The Hall–Kier alpha value is -3.05. The first-order valence-corrected chi connectivity index (χ1v) is 15.9. The summed E-state index contributed by atoms with van der Waals surface area (Å²) in [4.78, 5) is 19.9. The van der Waals surface area contributed by atoms with Crippen LogP contribution in [0.2, 0.25) is 25.7 Å². The summed E-state index contributed by atoms with van der Waals surface area (Å²) in [5.74, 6) is -0.108. The van der Waals surface area contributed by atoms with Crippen LogP contribution in [-0.2, 0) is 29.4 Å². The van der Waals surface area contributed by atoms with E-state index in [2.05, 4.69) is 39.9 Å². The van der Waals surface area contributed by atoms with Crippen LogP contribution in [0.5, 0.6) is 0 Å². The van der Waals surface area contributed by atoms with Crippen LogP contribution in [-0.4, -0.2) is 52.1 Å². The fourth-order valence-corrected chi connectivity index (χ4v) is 4.97. The average Bonchev–Trinajstić information content (AvgIpc) is 3.28. The zero-order valence-electron chi connectivity index (χ0n) is 21.0. The van der Waals surface area contributed by atoms with E-state index in [1.54, 1.807) is 34.1 Å². The van der Waals surface area contributed by atoms with E-state index in [0.29, 0.717) is 48.9 Å². The Bertz CT molecular complexity index is 1190. The summed E-state index contributed by atoms with van der Waals surface area (Å²) in [5, 5.41) is 12.3. The summed E-state index contributed by atoms with van der Waals surface area (Å²) in [6.07, 6.45) is 4.91. The molecule has 0 spiro atoms. The second-order valence-electron chi connectivity index (χ2n) is 10.3. The Kier molecular flexibility index (Phi) is 8.20. The predicted molar refractivity (Wildman–Crippen MR) is 135 cm³/mol. The van der Waals surface area contributed by atoms with Crippen molar-refractivity contribution in [3.8, 4) is 11.4 Å². The molecule has 4 rings (SSSR count). The van der Waals surface area contributed by atoms with Gasteiger partial charge in [-0.15, -0.1) is 5.10 Å². The second-order valence-corrected chi connectivity index (χ2v) is 15.9. The highest BCUT2D eigenvalue weighted by Gasteiger charge is 2.33. The summed E-state index contributed by atoms with van der Waals surface area (Å²) in [6.45, 7) is 7.36. The van der Waals surface area contributed by atoms with Gasteiger partial charge in [-0.05, 0) is 54.6 Å². The molecule has 1 saturated heterocycles. The minimum atomic E-state index is -1.26. The van der Waals surface area contributed by atoms with Gasteiger partial charge < -0.3 is 4.74 Å². The molecule has 1 amide bonds. The number of aromatic nitrogens is 5. The molecule has 0 N–H and O–H groups in total. The summed E-state index contributed by atoms with van der Waals surface area (Å²) in [5.41, 5.74) is 1.62. The van der Waals surface area contributed by atoms with E-state index in [1.807, 2.05) is 0 Å². The maximum Gasteiger partial charge on any atom is 0.233 e. The molecule has 1 fully saturated rings. The van der Waals surface area contributed by atoms with Crippen LogP contribution >= 0.6 is 0 Å². The molecule has 36 heavy (non-hydrogen) atoms. The molecular formula is C25H32F2N6O2Si. The van der Waals surface area contributed by atoms with Crippen LogP contribution in [0.15, 0.2) is 36.7 Å². The zero-order chi connectivity index (χ0) is 25.7. The summed E-state index contributed by atoms with van der Waals surface area (Å²) < 4.78 is 34.6. The lowest BCUT2D eigenvalue weighted by Gasteiger charge is -2.31. The number of alkyl halides is 1. The summed E-state index contributed by atoms with van der Waals surface area (Å²) in [6, 6.07) is 6.85. The molecule has 0 aliphatic carbocycles. The van der Waals surface area contributed by atoms with E-state index in [1.165, 1.54) is 12.1 Å². The van der Waals surface area contributed by atoms with Crippen LogP contribution in [0, 0.1) is 11.7 Å². The van der Waals surface area contributed by atoms with Crippen molar-refractivity contribution in [1.29, 1.82) is 0 Å². The van der Waals surface area contributed by atoms with Gasteiger partial charge in [0.05, 0.1) is 12.4 Å². The lowest BCUT2D eigenvalue weighted by atomic mass is 9.89. The van der Waals surface area contributed by atoms with Gasteiger partial charge in [-0.25, -0.2) is 13.5 Å². The number of benzene rings is 1. The number of piperidine rings is 1. The lowest BCUT2D eigenvalue weighted by Crippen LogP contribution is -2.43. The number of carbonyl (C=O) groups excluding carboxylic acids is 1. The molecule has 0 bridgehead atoms. The summed E-state index contributed by atoms with van der Waals surface area (Å²) >= 11 is 0. The van der Waals surface area contributed by atoms with Gasteiger partial charge in [-0.2, -0.15) is 15.2 Å². The predicted octanol–water partition coefficient (Wildman–Crippen LogP) is 4.64. The Balaban J connectivity index is 1.57. The second kappa shape index (κ2) is 11.3. The molecular weight excluding hydrogens is 482 g/mol. The highest BCUT2D eigenvalue weighted by atomic mass is 28.3. The first kappa shape index (κ1) is 26.0. The average molecular weight is 515 g/mol. The van der Waals surface area contributed by atoms with E-state index < -0.39 is 20.6 Å².